The van der Waals surface area contributed by atoms with Crippen molar-refractivity contribution >= 4 is 27.5 Å². The zero-order valence-electron chi connectivity index (χ0n) is 11.0. The predicted molar refractivity (Wildman–Crippen MR) is 79.3 cm³/mol. The Morgan fingerprint density at radius 1 is 1.40 bits per heavy atom. The van der Waals surface area contributed by atoms with Crippen LogP contribution >= 0.6 is 15.9 Å². The van der Waals surface area contributed by atoms with Crippen molar-refractivity contribution in [2.75, 3.05) is 12.4 Å². The van der Waals surface area contributed by atoms with Gasteiger partial charge in [-0.15, -0.1) is 0 Å². The van der Waals surface area contributed by atoms with Gasteiger partial charge in [-0.3, -0.25) is 4.79 Å². The molecule has 0 atom stereocenters. The van der Waals surface area contributed by atoms with Gasteiger partial charge in [0.15, 0.2) is 11.5 Å². The second-order valence-electron chi connectivity index (χ2n) is 4.17. The molecular weight excluding hydrogens is 324 g/mol. The number of anilines is 1. The molecule has 0 fully saturated rings. The van der Waals surface area contributed by atoms with Crippen LogP contribution in [0.1, 0.15) is 15.9 Å². The Kier molecular flexibility index (Phi) is 4.24. The number of amides is 1. The normalized spacial score (nSPS) is 10.2. The number of rotatable bonds is 3. The molecule has 6 heteroatoms. The first kappa shape index (κ1) is 14.3. The van der Waals surface area contributed by atoms with Gasteiger partial charge in [-0.05, 0) is 52.7 Å². The summed E-state index contributed by atoms with van der Waals surface area (Å²) in [6, 6.07) is 6.27. The SMILES string of the molecule is COc1ccc(C(=O)Nc2cnc(Br)c(C)c2)cc1O. The number of aryl methyl sites for hydroxylation is 1. The number of phenols is 1. The van der Waals surface area contributed by atoms with E-state index in [2.05, 4.69) is 26.2 Å². The topological polar surface area (TPSA) is 71.5 Å². The van der Waals surface area contributed by atoms with Gasteiger partial charge in [0.25, 0.3) is 5.91 Å². The van der Waals surface area contributed by atoms with E-state index in [-0.39, 0.29) is 11.7 Å². The van der Waals surface area contributed by atoms with Crippen LogP contribution in [0.25, 0.3) is 0 Å². The molecule has 0 bridgehead atoms. The van der Waals surface area contributed by atoms with E-state index in [0.29, 0.717) is 17.0 Å². The predicted octanol–water partition coefficient (Wildman–Crippen LogP) is 3.12. The zero-order valence-corrected chi connectivity index (χ0v) is 12.6. The molecule has 0 aliphatic heterocycles. The smallest absolute Gasteiger partial charge is 0.255 e. The molecule has 1 aromatic carbocycles. The van der Waals surface area contributed by atoms with Gasteiger partial charge in [0.2, 0.25) is 0 Å². The van der Waals surface area contributed by atoms with E-state index in [1.54, 1.807) is 18.3 Å². The number of nitrogens with zero attached hydrogens (tertiary/aromatic N) is 1. The Morgan fingerprint density at radius 3 is 2.75 bits per heavy atom. The summed E-state index contributed by atoms with van der Waals surface area (Å²) in [6.07, 6.45) is 1.55. The highest BCUT2D eigenvalue weighted by Crippen LogP contribution is 2.26. The summed E-state index contributed by atoms with van der Waals surface area (Å²) >= 11 is 3.30. The number of pyridine rings is 1. The average molecular weight is 337 g/mol. The number of aromatic hydroxyl groups is 1. The molecule has 0 saturated heterocycles. The molecule has 1 aromatic heterocycles. The summed E-state index contributed by atoms with van der Waals surface area (Å²) in [4.78, 5) is 16.2. The molecule has 2 aromatic rings. The van der Waals surface area contributed by atoms with Crippen LogP contribution in [0.2, 0.25) is 0 Å². The maximum Gasteiger partial charge on any atom is 0.255 e. The van der Waals surface area contributed by atoms with Gasteiger partial charge < -0.3 is 15.2 Å². The Hall–Kier alpha value is -2.08. The summed E-state index contributed by atoms with van der Waals surface area (Å²) < 4.78 is 5.66. The van der Waals surface area contributed by atoms with Gasteiger partial charge in [0.05, 0.1) is 19.0 Å². The van der Waals surface area contributed by atoms with Crippen LogP contribution in [0.4, 0.5) is 5.69 Å². The maximum absolute atomic E-state index is 12.1. The Bertz CT molecular complexity index is 659. The number of carbonyl (C=O) groups is 1. The number of phenolic OH excluding ortho intramolecular Hbond substituents is 1. The first-order valence-corrected chi connectivity index (χ1v) is 6.61. The van der Waals surface area contributed by atoms with Crippen molar-refractivity contribution in [2.24, 2.45) is 0 Å². The molecule has 0 unspecified atom stereocenters. The van der Waals surface area contributed by atoms with E-state index >= 15 is 0 Å². The number of benzene rings is 1. The number of aromatic nitrogens is 1. The van der Waals surface area contributed by atoms with Gasteiger partial charge in [-0.25, -0.2) is 4.98 Å². The molecule has 2 N–H and O–H groups in total. The molecule has 2 rings (SSSR count). The molecule has 104 valence electrons. The Labute approximate surface area is 124 Å². The molecule has 0 radical (unpaired) electrons. The fourth-order valence-corrected chi connectivity index (χ4v) is 1.88. The number of ether oxygens (including phenoxy) is 1. The van der Waals surface area contributed by atoms with Crippen LogP contribution in [0.15, 0.2) is 35.1 Å². The van der Waals surface area contributed by atoms with Gasteiger partial charge in [-0.1, -0.05) is 0 Å². The number of carbonyl (C=O) groups excluding carboxylic acids is 1. The average Bonchev–Trinajstić information content (AvgIpc) is 2.42. The lowest BCUT2D eigenvalue weighted by Gasteiger charge is -2.08. The quantitative estimate of drug-likeness (QED) is 0.844. The highest BCUT2D eigenvalue weighted by Gasteiger charge is 2.10. The minimum absolute atomic E-state index is 0.0785. The highest BCUT2D eigenvalue weighted by molar-refractivity contribution is 9.10. The van der Waals surface area contributed by atoms with Crippen molar-refractivity contribution in [3.8, 4) is 11.5 Å². The van der Waals surface area contributed by atoms with Crippen LogP contribution in [0.5, 0.6) is 11.5 Å². The minimum atomic E-state index is -0.327. The third-order valence-electron chi connectivity index (χ3n) is 2.71. The van der Waals surface area contributed by atoms with Gasteiger partial charge in [-0.2, -0.15) is 0 Å². The van der Waals surface area contributed by atoms with E-state index in [1.165, 1.54) is 19.2 Å². The van der Waals surface area contributed by atoms with Crippen LogP contribution in [-0.2, 0) is 0 Å². The zero-order chi connectivity index (χ0) is 14.7. The second kappa shape index (κ2) is 5.92. The fourth-order valence-electron chi connectivity index (χ4n) is 1.66. The van der Waals surface area contributed by atoms with Crippen molar-refractivity contribution in [3.05, 3.63) is 46.2 Å². The first-order valence-electron chi connectivity index (χ1n) is 5.81. The Morgan fingerprint density at radius 2 is 2.15 bits per heavy atom. The van der Waals surface area contributed by atoms with E-state index < -0.39 is 0 Å². The van der Waals surface area contributed by atoms with Crippen molar-refractivity contribution < 1.29 is 14.6 Å². The largest absolute Gasteiger partial charge is 0.504 e. The Balaban J connectivity index is 2.19. The summed E-state index contributed by atoms with van der Waals surface area (Å²) in [6.45, 7) is 1.88. The lowest BCUT2D eigenvalue weighted by atomic mass is 10.2. The number of halogens is 1. The highest BCUT2D eigenvalue weighted by atomic mass is 79.9. The van der Waals surface area contributed by atoms with E-state index in [0.717, 1.165) is 10.2 Å². The molecule has 0 aliphatic rings. The number of nitrogens with one attached hydrogen (secondary N) is 1. The molecule has 20 heavy (non-hydrogen) atoms. The maximum atomic E-state index is 12.1. The molecule has 0 spiro atoms. The number of hydrogen-bond donors (Lipinski definition) is 2. The van der Waals surface area contributed by atoms with E-state index in [9.17, 15) is 9.90 Å². The first-order chi connectivity index (χ1) is 9.51. The van der Waals surface area contributed by atoms with E-state index in [1.807, 2.05) is 6.92 Å². The summed E-state index contributed by atoms with van der Waals surface area (Å²) in [5.41, 5.74) is 1.84. The third-order valence-corrected chi connectivity index (χ3v) is 3.54. The van der Waals surface area contributed by atoms with Crippen LogP contribution in [0.3, 0.4) is 0 Å². The second-order valence-corrected chi connectivity index (χ2v) is 4.92. The van der Waals surface area contributed by atoms with E-state index in [4.69, 9.17) is 4.74 Å². The van der Waals surface area contributed by atoms with Gasteiger partial charge in [0.1, 0.15) is 4.60 Å². The molecule has 0 saturated carbocycles. The standard InChI is InChI=1S/C14H13BrN2O3/c1-8-5-10(7-16-13(8)15)17-14(19)9-3-4-12(20-2)11(18)6-9/h3-7,18H,1-2H3,(H,17,19). The number of methoxy groups -OCH3 is 1. The third kappa shape index (κ3) is 3.08. The number of hydrogen-bond acceptors (Lipinski definition) is 4. The molecule has 0 aliphatic carbocycles. The van der Waals surface area contributed by atoms with Gasteiger partial charge >= 0.3 is 0 Å². The molecule has 5 nitrogen and oxygen atoms in total. The van der Waals surface area contributed by atoms with Crippen LogP contribution in [-0.4, -0.2) is 23.1 Å². The van der Waals surface area contributed by atoms with Crippen molar-refractivity contribution in [1.29, 1.82) is 0 Å². The summed E-state index contributed by atoms with van der Waals surface area (Å²) in [5, 5.41) is 12.4. The fraction of sp³-hybridized carbons (Fsp3) is 0.143. The molecular formula is C14H13BrN2O3. The minimum Gasteiger partial charge on any atom is -0.504 e. The molecule has 1 amide bonds. The lowest BCUT2D eigenvalue weighted by Crippen LogP contribution is -2.12. The van der Waals surface area contributed by atoms with Crippen LogP contribution in [0, 0.1) is 6.92 Å². The lowest BCUT2D eigenvalue weighted by molar-refractivity contribution is 0.102. The summed E-state index contributed by atoms with van der Waals surface area (Å²) in [5.74, 6) is -0.0839. The molecule has 1 heterocycles. The van der Waals surface area contributed by atoms with Crippen LogP contribution < -0.4 is 10.1 Å². The van der Waals surface area contributed by atoms with Gasteiger partial charge in [0, 0.05) is 5.56 Å². The summed E-state index contributed by atoms with van der Waals surface area (Å²) in [7, 11) is 1.45. The van der Waals surface area contributed by atoms with Crippen molar-refractivity contribution in [3.63, 3.8) is 0 Å². The van der Waals surface area contributed by atoms with Crippen molar-refractivity contribution in [2.45, 2.75) is 6.92 Å². The van der Waals surface area contributed by atoms with Crippen molar-refractivity contribution in [1.82, 2.24) is 4.98 Å². The monoisotopic (exact) mass is 336 g/mol.